The van der Waals surface area contributed by atoms with Crippen LogP contribution < -0.4 is 0 Å². The van der Waals surface area contributed by atoms with Crippen LogP contribution in [-0.2, 0) is 5.60 Å². The predicted molar refractivity (Wildman–Crippen MR) is 71.2 cm³/mol. The summed E-state index contributed by atoms with van der Waals surface area (Å²) in [4.78, 5) is 0. The third-order valence-electron chi connectivity index (χ3n) is 3.45. The highest BCUT2D eigenvalue weighted by atomic mass is 19.4. The lowest BCUT2D eigenvalue weighted by molar-refractivity contribution is -0.262. The molecule has 0 aliphatic rings. The number of hydrogen-bond acceptors (Lipinski definition) is 2. The highest BCUT2D eigenvalue weighted by Gasteiger charge is 2.52. The smallest absolute Gasteiger partial charge is 0.382 e. The van der Waals surface area contributed by atoms with E-state index in [0.717, 1.165) is 19.3 Å². The van der Waals surface area contributed by atoms with E-state index in [4.69, 9.17) is 0 Å². The fourth-order valence-electron chi connectivity index (χ4n) is 2.26. The van der Waals surface area contributed by atoms with E-state index in [1.165, 1.54) is 12.1 Å². The van der Waals surface area contributed by atoms with E-state index in [9.17, 15) is 23.4 Å². The average Bonchev–Trinajstić information content (AvgIpc) is 2.42. The van der Waals surface area contributed by atoms with Crippen LogP contribution in [0.2, 0.25) is 0 Å². The molecular formula is C15H21F3O2. The first-order valence-corrected chi connectivity index (χ1v) is 6.85. The fraction of sp³-hybridized carbons (Fsp3) is 0.600. The number of aliphatic hydroxyl groups is 2. The minimum atomic E-state index is -4.85. The molecule has 0 fully saturated rings. The predicted octanol–water partition coefficient (Wildman–Crippen LogP) is 3.77. The summed E-state index contributed by atoms with van der Waals surface area (Å²) in [5, 5.41) is 20.0. The van der Waals surface area contributed by atoms with Gasteiger partial charge in [-0.3, -0.25) is 0 Å². The molecule has 0 spiro atoms. The molecule has 0 aliphatic heterocycles. The number of unbranched alkanes of at least 4 members (excludes halogenated alkanes) is 3. The Morgan fingerprint density at radius 1 is 1.05 bits per heavy atom. The first-order valence-electron chi connectivity index (χ1n) is 6.85. The number of hydrogen-bond donors (Lipinski definition) is 2. The Bertz CT molecular complexity index is 392. The average molecular weight is 290 g/mol. The lowest BCUT2D eigenvalue weighted by Gasteiger charge is -2.34. The minimum absolute atomic E-state index is 0.0984. The maximum absolute atomic E-state index is 12.8. The summed E-state index contributed by atoms with van der Waals surface area (Å²) in [5.74, 6) is 0. The zero-order chi connectivity index (χ0) is 15.2. The first kappa shape index (κ1) is 17.0. The van der Waals surface area contributed by atoms with Crippen LogP contribution >= 0.6 is 0 Å². The maximum Gasteiger partial charge on any atom is 0.417 e. The van der Waals surface area contributed by atoms with Crippen molar-refractivity contribution in [2.24, 2.45) is 0 Å². The highest BCUT2D eigenvalue weighted by Crippen LogP contribution is 2.38. The van der Waals surface area contributed by atoms with Crippen molar-refractivity contribution in [3.05, 3.63) is 35.9 Å². The second-order valence-corrected chi connectivity index (χ2v) is 5.05. The third kappa shape index (κ3) is 4.21. The zero-order valence-corrected chi connectivity index (χ0v) is 11.5. The molecule has 5 heteroatoms. The van der Waals surface area contributed by atoms with Crippen LogP contribution in [-0.4, -0.2) is 22.5 Å². The molecule has 0 saturated heterocycles. The van der Waals surface area contributed by atoms with Crippen LogP contribution in [0.4, 0.5) is 13.2 Å². The number of aliphatic hydroxyl groups excluding tert-OH is 1. The Hall–Kier alpha value is -1.07. The van der Waals surface area contributed by atoms with Gasteiger partial charge in [-0.15, -0.1) is 0 Å². The topological polar surface area (TPSA) is 40.5 Å². The van der Waals surface area contributed by atoms with Crippen molar-refractivity contribution in [3.8, 4) is 0 Å². The first-order chi connectivity index (χ1) is 9.32. The Balaban J connectivity index is 2.94. The molecule has 2 atom stereocenters. The largest absolute Gasteiger partial charge is 0.417 e. The van der Waals surface area contributed by atoms with Gasteiger partial charge in [0.15, 0.2) is 6.10 Å². The van der Waals surface area contributed by atoms with Crippen molar-refractivity contribution in [1.82, 2.24) is 0 Å². The molecule has 0 heterocycles. The van der Waals surface area contributed by atoms with Gasteiger partial charge >= 0.3 is 6.18 Å². The molecule has 20 heavy (non-hydrogen) atoms. The van der Waals surface area contributed by atoms with Crippen molar-refractivity contribution in [2.45, 2.75) is 56.9 Å². The molecule has 1 rings (SSSR count). The molecule has 2 N–H and O–H groups in total. The van der Waals surface area contributed by atoms with Crippen molar-refractivity contribution in [3.63, 3.8) is 0 Å². The van der Waals surface area contributed by atoms with E-state index in [-0.39, 0.29) is 12.0 Å². The summed E-state index contributed by atoms with van der Waals surface area (Å²) in [7, 11) is 0. The summed E-state index contributed by atoms with van der Waals surface area (Å²) in [6, 6.07) is 7.58. The summed E-state index contributed by atoms with van der Waals surface area (Å²) in [6.07, 6.45) is -4.73. The van der Waals surface area contributed by atoms with Gasteiger partial charge in [0, 0.05) is 0 Å². The van der Waals surface area contributed by atoms with E-state index < -0.39 is 17.9 Å². The lowest BCUT2D eigenvalue weighted by atomic mass is 9.83. The standard InChI is InChI=1S/C15H21F3O2/c1-2-3-4-8-11-14(20,13(19)15(16,17)18)12-9-6-5-7-10-12/h5-7,9-10,13,19-20H,2-4,8,11H2,1H3/t13-,14+/m1/s1. The van der Waals surface area contributed by atoms with Crippen molar-refractivity contribution < 1.29 is 23.4 Å². The molecule has 0 unspecified atom stereocenters. The Labute approximate surface area is 117 Å². The summed E-state index contributed by atoms with van der Waals surface area (Å²) in [6.45, 7) is 1.99. The van der Waals surface area contributed by atoms with Gasteiger partial charge in [0.25, 0.3) is 0 Å². The molecule has 0 aliphatic carbocycles. The molecular weight excluding hydrogens is 269 g/mol. The second-order valence-electron chi connectivity index (χ2n) is 5.05. The Morgan fingerprint density at radius 2 is 1.65 bits per heavy atom. The van der Waals surface area contributed by atoms with Crippen LogP contribution in [0.15, 0.2) is 30.3 Å². The minimum Gasteiger partial charge on any atom is -0.382 e. The van der Waals surface area contributed by atoms with Gasteiger partial charge in [-0.05, 0) is 12.0 Å². The van der Waals surface area contributed by atoms with Gasteiger partial charge in [0.2, 0.25) is 0 Å². The van der Waals surface area contributed by atoms with Gasteiger partial charge in [-0.1, -0.05) is 62.9 Å². The second kappa shape index (κ2) is 7.09. The molecule has 0 aromatic heterocycles. The number of alkyl halides is 3. The molecule has 2 nitrogen and oxygen atoms in total. The summed E-state index contributed by atoms with van der Waals surface area (Å²) < 4.78 is 38.4. The van der Waals surface area contributed by atoms with Crippen molar-refractivity contribution in [1.29, 1.82) is 0 Å². The normalized spacial score (nSPS) is 16.7. The molecule has 114 valence electrons. The van der Waals surface area contributed by atoms with Crippen LogP contribution in [0.5, 0.6) is 0 Å². The van der Waals surface area contributed by atoms with Gasteiger partial charge in [0.05, 0.1) is 0 Å². The van der Waals surface area contributed by atoms with E-state index in [0.29, 0.717) is 6.42 Å². The van der Waals surface area contributed by atoms with E-state index in [1.807, 2.05) is 6.92 Å². The molecule has 0 saturated carbocycles. The zero-order valence-electron chi connectivity index (χ0n) is 11.5. The summed E-state index contributed by atoms with van der Waals surface area (Å²) in [5.41, 5.74) is -2.19. The third-order valence-corrected chi connectivity index (χ3v) is 3.45. The summed E-state index contributed by atoms with van der Waals surface area (Å²) >= 11 is 0. The molecule has 0 radical (unpaired) electrons. The van der Waals surface area contributed by atoms with Crippen LogP contribution in [0.25, 0.3) is 0 Å². The quantitative estimate of drug-likeness (QED) is 0.750. The van der Waals surface area contributed by atoms with Crippen molar-refractivity contribution in [2.75, 3.05) is 0 Å². The Kier molecular flexibility index (Phi) is 6.02. The van der Waals surface area contributed by atoms with E-state index in [2.05, 4.69) is 0 Å². The van der Waals surface area contributed by atoms with Crippen molar-refractivity contribution >= 4 is 0 Å². The highest BCUT2D eigenvalue weighted by molar-refractivity contribution is 5.24. The Morgan fingerprint density at radius 3 is 2.15 bits per heavy atom. The van der Waals surface area contributed by atoms with Gasteiger partial charge in [-0.25, -0.2) is 0 Å². The van der Waals surface area contributed by atoms with Crippen LogP contribution in [0.1, 0.15) is 44.6 Å². The molecule has 0 bridgehead atoms. The number of rotatable bonds is 7. The van der Waals surface area contributed by atoms with Gasteiger partial charge in [0.1, 0.15) is 5.60 Å². The molecule has 1 aromatic rings. The van der Waals surface area contributed by atoms with E-state index in [1.54, 1.807) is 18.2 Å². The van der Waals surface area contributed by atoms with Gasteiger partial charge < -0.3 is 10.2 Å². The van der Waals surface area contributed by atoms with Gasteiger partial charge in [-0.2, -0.15) is 13.2 Å². The lowest BCUT2D eigenvalue weighted by Crippen LogP contribution is -2.48. The number of benzene rings is 1. The molecule has 0 amide bonds. The maximum atomic E-state index is 12.8. The fourth-order valence-corrected chi connectivity index (χ4v) is 2.26. The number of halogens is 3. The SMILES string of the molecule is CCCCCC[C@](O)(c1ccccc1)[C@@H](O)C(F)(F)F. The van der Waals surface area contributed by atoms with Crippen LogP contribution in [0.3, 0.4) is 0 Å². The molecule has 1 aromatic carbocycles. The van der Waals surface area contributed by atoms with E-state index >= 15 is 0 Å². The van der Waals surface area contributed by atoms with Crippen LogP contribution in [0, 0.1) is 0 Å². The monoisotopic (exact) mass is 290 g/mol.